The molecule has 2 atom stereocenters. The van der Waals surface area contributed by atoms with E-state index in [9.17, 15) is 18.0 Å². The van der Waals surface area contributed by atoms with Crippen molar-refractivity contribution in [2.24, 2.45) is 0 Å². The molecule has 0 radical (unpaired) electrons. The van der Waals surface area contributed by atoms with E-state index in [1.165, 1.54) is 17.0 Å². The third-order valence-corrected chi connectivity index (χ3v) is 10.1. The van der Waals surface area contributed by atoms with E-state index in [1.54, 1.807) is 43.3 Å². The van der Waals surface area contributed by atoms with Crippen LogP contribution >= 0.6 is 27.5 Å². The Balaban J connectivity index is 1.83. The highest BCUT2D eigenvalue weighted by Crippen LogP contribution is 2.30. The van der Waals surface area contributed by atoms with Crippen molar-refractivity contribution < 1.29 is 18.0 Å². The van der Waals surface area contributed by atoms with Gasteiger partial charge in [-0.3, -0.25) is 13.9 Å². The molecule has 0 bridgehead atoms. The minimum absolute atomic E-state index is 0.0334. The van der Waals surface area contributed by atoms with Crippen LogP contribution in [0.25, 0.3) is 0 Å². The van der Waals surface area contributed by atoms with Gasteiger partial charge >= 0.3 is 0 Å². The van der Waals surface area contributed by atoms with Gasteiger partial charge in [-0.2, -0.15) is 0 Å². The topological polar surface area (TPSA) is 86.8 Å². The van der Waals surface area contributed by atoms with Crippen molar-refractivity contribution in [2.75, 3.05) is 10.8 Å². The van der Waals surface area contributed by atoms with Crippen molar-refractivity contribution in [1.82, 2.24) is 10.2 Å². The second-order valence-electron chi connectivity index (χ2n) is 10.9. The molecule has 4 rings (SSSR count). The quantitative estimate of drug-likeness (QED) is 0.160. The summed E-state index contributed by atoms with van der Waals surface area (Å²) in [5.74, 6) is -0.845. The summed E-state index contributed by atoms with van der Waals surface area (Å²) < 4.78 is 30.2. The van der Waals surface area contributed by atoms with Crippen LogP contribution in [0.1, 0.15) is 37.0 Å². The van der Waals surface area contributed by atoms with Gasteiger partial charge in [-0.05, 0) is 73.4 Å². The summed E-state index contributed by atoms with van der Waals surface area (Å²) in [6.45, 7) is 5.18. The van der Waals surface area contributed by atoms with E-state index in [4.69, 9.17) is 11.6 Å². The lowest BCUT2D eigenvalue weighted by atomic mass is 10.0. The van der Waals surface area contributed by atoms with E-state index >= 15 is 0 Å². The molecular weight excluding hydrogens is 674 g/mol. The first-order chi connectivity index (χ1) is 21.5. The molecule has 4 aromatic rings. The Labute approximate surface area is 279 Å². The maximum Gasteiger partial charge on any atom is 0.264 e. The van der Waals surface area contributed by atoms with E-state index < -0.39 is 28.5 Å². The predicted molar refractivity (Wildman–Crippen MR) is 184 cm³/mol. The number of rotatable bonds is 13. The molecule has 1 N–H and O–H groups in total. The van der Waals surface area contributed by atoms with Crippen LogP contribution in [0.3, 0.4) is 0 Å². The van der Waals surface area contributed by atoms with E-state index in [2.05, 4.69) is 21.2 Å². The molecule has 0 fully saturated rings. The zero-order valence-corrected chi connectivity index (χ0v) is 28.6. The Morgan fingerprint density at radius 2 is 1.53 bits per heavy atom. The van der Waals surface area contributed by atoms with Crippen LogP contribution < -0.4 is 9.62 Å². The lowest BCUT2D eigenvalue weighted by molar-refractivity contribution is -0.140. The number of sulfonamides is 1. The van der Waals surface area contributed by atoms with E-state index in [-0.39, 0.29) is 35.5 Å². The fraction of sp³-hybridized carbons (Fsp3) is 0.257. The molecule has 2 amide bonds. The molecule has 0 heterocycles. The third-order valence-electron chi connectivity index (χ3n) is 7.56. The van der Waals surface area contributed by atoms with Crippen molar-refractivity contribution in [3.8, 4) is 0 Å². The average Bonchev–Trinajstić information content (AvgIpc) is 3.03. The summed E-state index contributed by atoms with van der Waals surface area (Å²) in [6, 6.07) is 28.8. The van der Waals surface area contributed by atoms with E-state index in [0.29, 0.717) is 17.0 Å². The average molecular weight is 711 g/mol. The number of anilines is 1. The zero-order chi connectivity index (χ0) is 32.6. The SMILES string of the molecule is CC[C@H](C)NC(=O)[C@@H](Cc1ccccc1)N(Cc1cccc(Br)c1)C(=O)CN(c1cc(Cl)ccc1C)S(=O)(=O)c1ccccc1. The number of hydrogen-bond donors (Lipinski definition) is 1. The first-order valence-electron chi connectivity index (χ1n) is 14.7. The van der Waals surface area contributed by atoms with Crippen LogP contribution in [-0.2, 0) is 32.6 Å². The summed E-state index contributed by atoms with van der Waals surface area (Å²) in [6.07, 6.45) is 0.949. The molecule has 0 aliphatic heterocycles. The number of hydrogen-bond acceptors (Lipinski definition) is 4. The van der Waals surface area contributed by atoms with Gasteiger partial charge in [0.1, 0.15) is 12.6 Å². The molecule has 0 aliphatic carbocycles. The fourth-order valence-electron chi connectivity index (χ4n) is 4.91. The summed E-state index contributed by atoms with van der Waals surface area (Å²) in [4.78, 5) is 30.0. The van der Waals surface area contributed by atoms with Gasteiger partial charge in [0.05, 0.1) is 10.6 Å². The molecule has 0 spiro atoms. The molecule has 4 aromatic carbocycles. The van der Waals surface area contributed by atoms with Crippen LogP contribution in [0.2, 0.25) is 5.02 Å². The lowest BCUT2D eigenvalue weighted by Gasteiger charge is -2.34. The Morgan fingerprint density at radius 1 is 0.889 bits per heavy atom. The molecule has 0 aromatic heterocycles. The molecule has 0 unspecified atom stereocenters. The van der Waals surface area contributed by atoms with Gasteiger partial charge < -0.3 is 10.2 Å². The number of halogens is 2. The summed E-state index contributed by atoms with van der Waals surface area (Å²) in [5.41, 5.74) is 2.56. The Morgan fingerprint density at radius 3 is 2.18 bits per heavy atom. The first-order valence-corrected chi connectivity index (χ1v) is 17.3. The number of nitrogens with one attached hydrogen (secondary N) is 1. The number of benzene rings is 4. The summed E-state index contributed by atoms with van der Waals surface area (Å²) >= 11 is 9.85. The van der Waals surface area contributed by atoms with Crippen LogP contribution in [0, 0.1) is 6.92 Å². The predicted octanol–water partition coefficient (Wildman–Crippen LogP) is 7.16. The highest BCUT2D eigenvalue weighted by molar-refractivity contribution is 9.10. The van der Waals surface area contributed by atoms with Crippen molar-refractivity contribution in [2.45, 2.75) is 57.1 Å². The molecule has 0 saturated carbocycles. The zero-order valence-electron chi connectivity index (χ0n) is 25.5. The van der Waals surface area contributed by atoms with Gasteiger partial charge in [0.15, 0.2) is 0 Å². The highest BCUT2D eigenvalue weighted by atomic mass is 79.9. The van der Waals surface area contributed by atoms with Crippen molar-refractivity contribution in [3.05, 3.63) is 129 Å². The largest absolute Gasteiger partial charge is 0.352 e. The summed E-state index contributed by atoms with van der Waals surface area (Å²) in [7, 11) is -4.21. The number of carbonyl (C=O) groups excluding carboxylic acids is 2. The van der Waals surface area contributed by atoms with Crippen molar-refractivity contribution in [3.63, 3.8) is 0 Å². The van der Waals surface area contributed by atoms with Crippen LogP contribution in [0.15, 0.2) is 112 Å². The van der Waals surface area contributed by atoms with Gasteiger partial charge in [-0.1, -0.05) is 101 Å². The van der Waals surface area contributed by atoms with Gasteiger partial charge in [0, 0.05) is 28.5 Å². The monoisotopic (exact) mass is 709 g/mol. The lowest BCUT2D eigenvalue weighted by Crippen LogP contribution is -2.54. The van der Waals surface area contributed by atoms with Crippen molar-refractivity contribution in [1.29, 1.82) is 0 Å². The minimum Gasteiger partial charge on any atom is -0.352 e. The fourth-order valence-corrected chi connectivity index (χ4v) is 7.02. The molecule has 10 heteroatoms. The second-order valence-corrected chi connectivity index (χ2v) is 14.1. The number of nitrogens with zero attached hydrogens (tertiary/aromatic N) is 2. The van der Waals surface area contributed by atoms with Gasteiger partial charge in [0.2, 0.25) is 11.8 Å². The molecule has 7 nitrogen and oxygen atoms in total. The maximum atomic E-state index is 14.6. The van der Waals surface area contributed by atoms with Crippen LogP contribution in [-0.4, -0.2) is 43.8 Å². The third kappa shape index (κ3) is 8.96. The summed E-state index contributed by atoms with van der Waals surface area (Å²) in [5, 5.41) is 3.38. The Bertz CT molecular complexity index is 1720. The van der Waals surface area contributed by atoms with Gasteiger partial charge in [-0.25, -0.2) is 8.42 Å². The number of carbonyl (C=O) groups is 2. The number of aryl methyl sites for hydroxylation is 1. The second kappa shape index (κ2) is 15.6. The Hall–Kier alpha value is -3.66. The first kappa shape index (κ1) is 34.2. The van der Waals surface area contributed by atoms with Gasteiger partial charge in [0.25, 0.3) is 10.0 Å². The molecule has 236 valence electrons. The molecule has 0 saturated heterocycles. The van der Waals surface area contributed by atoms with Crippen LogP contribution in [0.5, 0.6) is 0 Å². The molecular formula is C35H37BrClN3O4S. The molecule has 45 heavy (non-hydrogen) atoms. The van der Waals surface area contributed by atoms with Crippen molar-refractivity contribution >= 4 is 55.1 Å². The van der Waals surface area contributed by atoms with Gasteiger partial charge in [-0.15, -0.1) is 0 Å². The van der Waals surface area contributed by atoms with Crippen LogP contribution in [0.4, 0.5) is 5.69 Å². The maximum absolute atomic E-state index is 14.6. The Kier molecular flexibility index (Phi) is 11.8. The normalized spacial score (nSPS) is 12.6. The standard InChI is InChI=1S/C35H37BrClN3O4S/c1-4-26(3)38-35(42)33(21-27-12-7-5-8-13-27)39(23-28-14-11-15-29(36)20-28)34(41)24-40(32-22-30(37)19-18-25(32)2)45(43,44)31-16-9-6-10-17-31/h5-20,22,26,33H,4,21,23-24H2,1-3H3,(H,38,42)/t26-,33+/m0/s1. The smallest absolute Gasteiger partial charge is 0.264 e. The molecule has 0 aliphatic rings. The number of amides is 2. The highest BCUT2D eigenvalue weighted by Gasteiger charge is 2.35. The minimum atomic E-state index is -4.21. The van der Waals surface area contributed by atoms with E-state index in [0.717, 1.165) is 19.9 Å². The van der Waals surface area contributed by atoms with E-state index in [1.807, 2.05) is 68.4 Å².